The SMILES string of the molecule is CCNC(=O)c1nnc(-c2cc(C(C)C)c(O)cc2O)n1-c1ccc(Oc2ccc3c(c2)OB(C(CC(C)C)NC(=O)C(Cc2ccccc2)NC(=O)c2cnccn2)O3)cc1. The highest BCUT2D eigenvalue weighted by Gasteiger charge is 2.42. The second kappa shape index (κ2) is 18.9. The number of ether oxygens (including phenoxy) is 1. The van der Waals surface area contributed by atoms with Gasteiger partial charge in [-0.25, -0.2) is 4.98 Å². The summed E-state index contributed by atoms with van der Waals surface area (Å²) >= 11 is 0. The average Bonchev–Trinajstić information content (AvgIpc) is 3.89. The van der Waals surface area contributed by atoms with Crippen LogP contribution in [0, 0.1) is 5.92 Å². The average molecular weight is 839 g/mol. The van der Waals surface area contributed by atoms with E-state index in [1.807, 2.05) is 58.0 Å². The Balaban J connectivity index is 1.08. The number of fused-ring (bicyclic) bond motifs is 1. The second-order valence-corrected chi connectivity index (χ2v) is 15.5. The lowest BCUT2D eigenvalue weighted by atomic mass is 9.74. The molecule has 1 aliphatic rings. The fraction of sp³-hybridized carbons (Fsp3) is 0.267. The molecule has 4 aromatic carbocycles. The van der Waals surface area contributed by atoms with E-state index in [0.29, 0.717) is 52.8 Å². The molecule has 7 rings (SSSR count). The number of aromatic nitrogens is 5. The number of amides is 3. The summed E-state index contributed by atoms with van der Waals surface area (Å²) < 4.78 is 20.3. The third-order valence-electron chi connectivity index (χ3n) is 10.0. The zero-order chi connectivity index (χ0) is 43.9. The number of benzene rings is 4. The van der Waals surface area contributed by atoms with Gasteiger partial charge in [0, 0.05) is 43.2 Å². The molecule has 0 bridgehead atoms. The number of nitrogens with one attached hydrogen (secondary N) is 3. The first-order valence-corrected chi connectivity index (χ1v) is 20.3. The van der Waals surface area contributed by atoms with Crippen molar-refractivity contribution in [2.75, 3.05) is 6.54 Å². The Labute approximate surface area is 358 Å². The Morgan fingerprint density at radius 3 is 2.26 bits per heavy atom. The van der Waals surface area contributed by atoms with Crippen LogP contribution in [-0.4, -0.2) is 78.3 Å². The van der Waals surface area contributed by atoms with Crippen molar-refractivity contribution in [2.24, 2.45) is 5.92 Å². The van der Waals surface area contributed by atoms with Gasteiger partial charge in [0.2, 0.25) is 11.7 Å². The van der Waals surface area contributed by atoms with Gasteiger partial charge in [-0.1, -0.05) is 58.0 Å². The number of nitrogens with zero attached hydrogens (tertiary/aromatic N) is 5. The van der Waals surface area contributed by atoms with Crippen molar-refractivity contribution in [1.82, 2.24) is 40.7 Å². The maximum atomic E-state index is 14.0. The van der Waals surface area contributed by atoms with Crippen LogP contribution in [0.4, 0.5) is 0 Å². The van der Waals surface area contributed by atoms with Gasteiger partial charge in [-0.3, -0.25) is 23.9 Å². The van der Waals surface area contributed by atoms with Crippen LogP contribution in [0.1, 0.15) is 79.2 Å². The van der Waals surface area contributed by atoms with Gasteiger partial charge in [0.15, 0.2) is 5.82 Å². The topological polar surface area (TPSA) is 212 Å². The zero-order valence-corrected chi connectivity index (χ0v) is 34.9. The maximum absolute atomic E-state index is 14.0. The molecule has 0 radical (unpaired) electrons. The van der Waals surface area contributed by atoms with Crippen LogP contribution in [0.2, 0.25) is 0 Å². The highest BCUT2D eigenvalue weighted by molar-refractivity contribution is 6.50. The molecular weight excluding hydrogens is 791 g/mol. The summed E-state index contributed by atoms with van der Waals surface area (Å²) in [6.07, 6.45) is 4.97. The van der Waals surface area contributed by atoms with E-state index in [2.05, 4.69) is 36.1 Å². The van der Waals surface area contributed by atoms with Crippen molar-refractivity contribution in [3.05, 3.63) is 126 Å². The number of phenolic OH excluding ortho intramolecular Hbond substituents is 2. The number of hydrogen-bond acceptors (Lipinski definition) is 12. The quantitative estimate of drug-likeness (QED) is 0.0693. The predicted octanol–water partition coefficient (Wildman–Crippen LogP) is 6.17. The smallest absolute Gasteiger partial charge is 0.522 e. The van der Waals surface area contributed by atoms with Gasteiger partial charge in [0.25, 0.3) is 11.8 Å². The highest BCUT2D eigenvalue weighted by Crippen LogP contribution is 2.40. The number of carbonyl (C=O) groups excluding carboxylic acids is 3. The highest BCUT2D eigenvalue weighted by atomic mass is 16.6. The van der Waals surface area contributed by atoms with Crippen molar-refractivity contribution >= 4 is 24.8 Å². The first-order chi connectivity index (χ1) is 29.9. The van der Waals surface area contributed by atoms with Crippen LogP contribution >= 0.6 is 0 Å². The van der Waals surface area contributed by atoms with Gasteiger partial charge < -0.3 is 40.2 Å². The lowest BCUT2D eigenvalue weighted by Gasteiger charge is -2.25. The van der Waals surface area contributed by atoms with Crippen LogP contribution in [0.3, 0.4) is 0 Å². The lowest BCUT2D eigenvalue weighted by molar-refractivity contribution is -0.123. The van der Waals surface area contributed by atoms with Gasteiger partial charge in [-0.2, -0.15) is 0 Å². The van der Waals surface area contributed by atoms with Gasteiger partial charge in [0.1, 0.15) is 46.2 Å². The summed E-state index contributed by atoms with van der Waals surface area (Å²) in [5, 5.41) is 38.5. The summed E-state index contributed by atoms with van der Waals surface area (Å²) in [5.41, 5.74) is 2.35. The van der Waals surface area contributed by atoms with Gasteiger partial charge >= 0.3 is 7.12 Å². The molecule has 3 amide bonds. The largest absolute Gasteiger partial charge is 0.618 e. The molecular formula is C45H47BN8O8. The zero-order valence-electron chi connectivity index (χ0n) is 34.9. The molecule has 2 aromatic heterocycles. The molecule has 318 valence electrons. The number of carbonyl (C=O) groups is 3. The lowest BCUT2D eigenvalue weighted by Crippen LogP contribution is -2.57. The molecule has 2 unspecified atom stereocenters. The second-order valence-electron chi connectivity index (χ2n) is 15.5. The van der Waals surface area contributed by atoms with Crippen LogP contribution in [0.25, 0.3) is 17.1 Å². The molecule has 0 spiro atoms. The van der Waals surface area contributed by atoms with Crippen LogP contribution in [-0.2, 0) is 11.2 Å². The Morgan fingerprint density at radius 2 is 1.56 bits per heavy atom. The van der Waals surface area contributed by atoms with Crippen LogP contribution in [0.15, 0.2) is 104 Å². The molecule has 0 saturated carbocycles. The molecule has 17 heteroatoms. The molecule has 1 aliphatic heterocycles. The number of aromatic hydroxyl groups is 2. The van der Waals surface area contributed by atoms with E-state index >= 15 is 0 Å². The summed E-state index contributed by atoms with van der Waals surface area (Å²) in [5.74, 6) is -0.174. The number of hydrogen-bond donors (Lipinski definition) is 5. The number of phenols is 2. The Kier molecular flexibility index (Phi) is 13.0. The molecule has 3 heterocycles. The van der Waals surface area contributed by atoms with E-state index in [4.69, 9.17) is 14.0 Å². The van der Waals surface area contributed by atoms with Crippen molar-refractivity contribution in [2.45, 2.75) is 65.4 Å². The molecule has 0 aliphatic carbocycles. The Hall–Kier alpha value is -7.43. The van der Waals surface area contributed by atoms with E-state index in [1.165, 1.54) is 29.2 Å². The molecule has 16 nitrogen and oxygen atoms in total. The fourth-order valence-corrected chi connectivity index (χ4v) is 7.04. The molecule has 6 aromatic rings. The van der Waals surface area contributed by atoms with E-state index in [0.717, 1.165) is 5.56 Å². The van der Waals surface area contributed by atoms with Crippen molar-refractivity contribution in [3.63, 3.8) is 0 Å². The molecule has 5 N–H and O–H groups in total. The minimum absolute atomic E-state index is 0.00452. The van der Waals surface area contributed by atoms with E-state index in [1.54, 1.807) is 55.5 Å². The van der Waals surface area contributed by atoms with Gasteiger partial charge in [-0.05, 0) is 78.8 Å². The number of rotatable bonds is 16. The third-order valence-corrected chi connectivity index (χ3v) is 10.0. The summed E-state index contributed by atoms with van der Waals surface area (Å²) in [7, 11) is -0.874. The van der Waals surface area contributed by atoms with Crippen LogP contribution < -0.4 is 30.0 Å². The maximum Gasteiger partial charge on any atom is 0.618 e. The monoisotopic (exact) mass is 838 g/mol. The van der Waals surface area contributed by atoms with Crippen molar-refractivity contribution < 1.29 is 38.6 Å². The summed E-state index contributed by atoms with van der Waals surface area (Å²) in [6, 6.07) is 23.4. The van der Waals surface area contributed by atoms with Crippen LogP contribution in [0.5, 0.6) is 34.5 Å². The third kappa shape index (κ3) is 9.78. The molecule has 62 heavy (non-hydrogen) atoms. The molecule has 0 fully saturated rings. The predicted molar refractivity (Wildman–Crippen MR) is 231 cm³/mol. The summed E-state index contributed by atoms with van der Waals surface area (Å²) in [6.45, 7) is 10.0. The normalized spacial score (nSPS) is 12.9. The van der Waals surface area contributed by atoms with E-state index in [-0.39, 0.29) is 47.1 Å². The van der Waals surface area contributed by atoms with Crippen molar-refractivity contribution in [1.29, 1.82) is 0 Å². The Bertz CT molecular complexity index is 2540. The first-order valence-electron chi connectivity index (χ1n) is 20.3. The minimum atomic E-state index is -0.939. The fourth-order valence-electron chi connectivity index (χ4n) is 7.04. The van der Waals surface area contributed by atoms with Gasteiger partial charge in [-0.15, -0.1) is 10.2 Å². The van der Waals surface area contributed by atoms with E-state index < -0.39 is 36.8 Å². The standard InChI is InChI=1S/C45H47BN8O8/c1-6-48-45(59)42-53-52-41(33-23-32(27(4)5)36(55)24-37(33)56)54(42)29-12-14-30(15-13-29)60-31-16-17-38-39(22-31)62-46(61-38)40(20-26(2)3)51-43(57)34(21-28-10-8-7-9-11-28)50-44(58)35-25-47-18-19-49-35/h7-19,22-27,34,40,55-56H,6,20-21H2,1-5H3,(H,48,59)(H,50,58)(H,51,57). The van der Waals surface area contributed by atoms with E-state index in [9.17, 15) is 24.6 Å². The summed E-state index contributed by atoms with van der Waals surface area (Å²) in [4.78, 5) is 48.3. The van der Waals surface area contributed by atoms with Crippen molar-refractivity contribution in [3.8, 4) is 51.6 Å². The molecule has 2 atom stereocenters. The van der Waals surface area contributed by atoms with Gasteiger partial charge in [0.05, 0.1) is 17.7 Å². The Morgan fingerprint density at radius 1 is 0.823 bits per heavy atom. The molecule has 0 saturated heterocycles. The minimum Gasteiger partial charge on any atom is -0.522 e. The first kappa shape index (κ1) is 42.7.